The van der Waals surface area contributed by atoms with Gasteiger partial charge in [-0.3, -0.25) is 9.20 Å². The smallest absolute Gasteiger partial charge is 0.390 e. The molecule has 230 valence electrons. The van der Waals surface area contributed by atoms with Crippen molar-refractivity contribution in [2.45, 2.75) is 24.4 Å². The molecule has 2 aromatic carbocycles. The van der Waals surface area contributed by atoms with E-state index in [4.69, 9.17) is 21.1 Å². The zero-order valence-corrected chi connectivity index (χ0v) is 23.9. The second-order valence-electron chi connectivity index (χ2n) is 9.20. The summed E-state index contributed by atoms with van der Waals surface area (Å²) >= 11 is 6.24. The number of methoxy groups -OCH3 is 2. The standard InChI is InChI=1S/C27H22ClF6N3O5S/c1-41-19-6-3-14(9-20(19)42-2)12-35-21-11-23(38)37-13-16(28)15(10-22(37)36-21)26(43(39,40)8-7-27(32,33)34)24-17(29)4-5-18(30)25(24)31/h3-6,9-11,13,26,35H,7-8,12H2,1-2H3. The maximum Gasteiger partial charge on any atom is 0.390 e. The minimum Gasteiger partial charge on any atom is -0.493 e. The monoisotopic (exact) mass is 649 g/mol. The van der Waals surface area contributed by atoms with Crippen molar-refractivity contribution >= 4 is 32.9 Å². The second kappa shape index (κ2) is 12.3. The first-order chi connectivity index (χ1) is 20.1. The lowest BCUT2D eigenvalue weighted by Crippen LogP contribution is -2.25. The third kappa shape index (κ3) is 6.99. The molecule has 1 unspecified atom stereocenters. The molecular formula is C27H22ClF6N3O5S. The Morgan fingerprint density at radius 1 is 1.00 bits per heavy atom. The lowest BCUT2D eigenvalue weighted by atomic mass is 10.0. The molecule has 0 radical (unpaired) electrons. The molecule has 0 aliphatic carbocycles. The number of nitrogens with zero attached hydrogens (tertiary/aromatic N) is 2. The van der Waals surface area contributed by atoms with Crippen molar-refractivity contribution in [3.8, 4) is 11.5 Å². The fourth-order valence-electron chi connectivity index (χ4n) is 4.30. The van der Waals surface area contributed by atoms with Gasteiger partial charge in [0.1, 0.15) is 22.5 Å². The first-order valence-corrected chi connectivity index (χ1v) is 14.3. The fraction of sp³-hybridized carbons (Fsp3) is 0.259. The van der Waals surface area contributed by atoms with Crippen molar-refractivity contribution in [3.63, 3.8) is 0 Å². The van der Waals surface area contributed by atoms with Gasteiger partial charge in [-0.05, 0) is 41.5 Å². The molecule has 0 saturated carbocycles. The molecule has 2 heterocycles. The maximum absolute atomic E-state index is 14.9. The Kier molecular flexibility index (Phi) is 9.16. The van der Waals surface area contributed by atoms with Gasteiger partial charge in [0.15, 0.2) is 33.0 Å². The SMILES string of the molecule is COc1ccc(CNc2cc(=O)n3cc(Cl)c(C(c4c(F)ccc(F)c4F)S(=O)(=O)CCC(F)(F)F)cc3n2)cc1OC. The third-order valence-electron chi connectivity index (χ3n) is 6.36. The number of halogens is 7. The first kappa shape index (κ1) is 31.9. The lowest BCUT2D eigenvalue weighted by molar-refractivity contribution is -0.129. The topological polar surface area (TPSA) is 99.0 Å². The van der Waals surface area contributed by atoms with E-state index in [2.05, 4.69) is 10.3 Å². The van der Waals surface area contributed by atoms with Crippen LogP contribution in [0.15, 0.2) is 53.5 Å². The predicted octanol–water partition coefficient (Wildman–Crippen LogP) is 5.85. The Labute approximate surface area is 245 Å². The minimum absolute atomic E-state index is 0.00680. The highest BCUT2D eigenvalue weighted by Crippen LogP contribution is 2.40. The zero-order chi connectivity index (χ0) is 31.7. The van der Waals surface area contributed by atoms with E-state index in [1.165, 1.54) is 14.2 Å². The van der Waals surface area contributed by atoms with Gasteiger partial charge in [0.05, 0.1) is 31.4 Å². The lowest BCUT2D eigenvalue weighted by Gasteiger charge is -2.22. The molecule has 0 aliphatic heterocycles. The van der Waals surface area contributed by atoms with Crippen LogP contribution < -0.4 is 20.3 Å². The van der Waals surface area contributed by atoms with Gasteiger partial charge < -0.3 is 14.8 Å². The predicted molar refractivity (Wildman–Crippen MR) is 146 cm³/mol. The Morgan fingerprint density at radius 3 is 2.33 bits per heavy atom. The van der Waals surface area contributed by atoms with Gasteiger partial charge in [0, 0.05) is 24.4 Å². The summed E-state index contributed by atoms with van der Waals surface area (Å²) in [5.41, 5.74) is -2.26. The van der Waals surface area contributed by atoms with Crippen molar-refractivity contribution in [1.29, 1.82) is 0 Å². The van der Waals surface area contributed by atoms with Crippen LogP contribution in [0.1, 0.15) is 28.4 Å². The summed E-state index contributed by atoms with van der Waals surface area (Å²) < 4.78 is 121. The normalized spacial score (nSPS) is 12.8. The van der Waals surface area contributed by atoms with Crippen LogP contribution in [0.4, 0.5) is 32.2 Å². The molecule has 43 heavy (non-hydrogen) atoms. The summed E-state index contributed by atoms with van der Waals surface area (Å²) in [5, 5.41) is -0.157. The van der Waals surface area contributed by atoms with E-state index in [9.17, 15) is 39.6 Å². The Balaban J connectivity index is 1.82. The van der Waals surface area contributed by atoms with Gasteiger partial charge in [-0.25, -0.2) is 26.6 Å². The number of pyridine rings is 1. The fourth-order valence-corrected chi connectivity index (χ4v) is 6.53. The molecule has 16 heteroatoms. The van der Waals surface area contributed by atoms with E-state index in [1.807, 2.05) is 0 Å². The summed E-state index contributed by atoms with van der Waals surface area (Å²) in [6.07, 6.45) is -5.88. The molecular weight excluding hydrogens is 628 g/mol. The Morgan fingerprint density at radius 2 is 1.67 bits per heavy atom. The van der Waals surface area contributed by atoms with E-state index in [1.54, 1.807) is 18.2 Å². The van der Waals surface area contributed by atoms with Crippen LogP contribution in [0.25, 0.3) is 5.65 Å². The number of rotatable bonds is 10. The number of sulfone groups is 1. The number of hydrogen-bond acceptors (Lipinski definition) is 7. The second-order valence-corrected chi connectivity index (χ2v) is 11.8. The molecule has 1 atom stereocenters. The Bertz CT molecular complexity index is 1850. The molecule has 4 aromatic rings. The average molecular weight is 650 g/mol. The van der Waals surface area contributed by atoms with E-state index >= 15 is 0 Å². The molecule has 0 aliphatic rings. The highest BCUT2D eigenvalue weighted by Gasteiger charge is 2.39. The van der Waals surface area contributed by atoms with E-state index in [0.29, 0.717) is 29.2 Å². The molecule has 0 bridgehead atoms. The van der Waals surface area contributed by atoms with Crippen LogP contribution in [0.5, 0.6) is 11.5 Å². The summed E-state index contributed by atoms with van der Waals surface area (Å²) in [4.78, 5) is 17.1. The van der Waals surface area contributed by atoms with Crippen LogP contribution in [-0.4, -0.2) is 44.0 Å². The van der Waals surface area contributed by atoms with Gasteiger partial charge in [-0.2, -0.15) is 13.2 Å². The van der Waals surface area contributed by atoms with Gasteiger partial charge in [0.2, 0.25) is 0 Å². The van der Waals surface area contributed by atoms with Crippen LogP contribution in [0.3, 0.4) is 0 Å². The maximum atomic E-state index is 14.9. The van der Waals surface area contributed by atoms with Gasteiger partial charge in [-0.15, -0.1) is 0 Å². The van der Waals surface area contributed by atoms with Gasteiger partial charge in [0.25, 0.3) is 5.56 Å². The number of aromatic nitrogens is 2. The van der Waals surface area contributed by atoms with Crippen LogP contribution >= 0.6 is 11.6 Å². The zero-order valence-electron chi connectivity index (χ0n) is 22.3. The molecule has 0 fully saturated rings. The quantitative estimate of drug-likeness (QED) is 0.170. The molecule has 0 spiro atoms. The van der Waals surface area contributed by atoms with Crippen molar-refractivity contribution in [2.24, 2.45) is 0 Å². The molecule has 4 rings (SSSR count). The number of benzene rings is 2. The average Bonchev–Trinajstić information content (AvgIpc) is 2.95. The van der Waals surface area contributed by atoms with Crippen molar-refractivity contribution < 1.29 is 44.2 Å². The van der Waals surface area contributed by atoms with Crippen molar-refractivity contribution in [2.75, 3.05) is 25.3 Å². The summed E-state index contributed by atoms with van der Waals surface area (Å²) in [6, 6.07) is 7.84. The van der Waals surface area contributed by atoms with E-state index in [0.717, 1.165) is 22.7 Å². The number of hydrogen-bond donors (Lipinski definition) is 1. The summed E-state index contributed by atoms with van der Waals surface area (Å²) in [6.45, 7) is 0.123. The molecule has 0 saturated heterocycles. The van der Waals surface area contributed by atoms with Crippen molar-refractivity contribution in [1.82, 2.24) is 9.38 Å². The number of alkyl halides is 3. The van der Waals surface area contributed by atoms with Crippen LogP contribution in [0, 0.1) is 17.5 Å². The van der Waals surface area contributed by atoms with Crippen LogP contribution in [-0.2, 0) is 16.4 Å². The molecule has 0 amide bonds. The number of ether oxygens (including phenoxy) is 2. The number of anilines is 1. The van der Waals surface area contributed by atoms with E-state index < -0.39 is 72.6 Å². The highest BCUT2D eigenvalue weighted by atomic mass is 35.5. The summed E-state index contributed by atoms with van der Waals surface area (Å²) in [7, 11) is -2.19. The largest absolute Gasteiger partial charge is 0.493 e. The Hall–Kier alpha value is -3.98. The van der Waals surface area contributed by atoms with Crippen LogP contribution in [0.2, 0.25) is 5.02 Å². The third-order valence-corrected chi connectivity index (χ3v) is 8.65. The molecule has 2 aromatic heterocycles. The minimum atomic E-state index is -5.10. The van der Waals surface area contributed by atoms with Gasteiger partial charge in [-0.1, -0.05) is 17.7 Å². The van der Waals surface area contributed by atoms with Crippen molar-refractivity contribution in [3.05, 3.63) is 98.2 Å². The van der Waals surface area contributed by atoms with E-state index in [-0.39, 0.29) is 18.0 Å². The number of fused-ring (bicyclic) bond motifs is 1. The molecule has 8 nitrogen and oxygen atoms in total. The highest BCUT2D eigenvalue weighted by molar-refractivity contribution is 7.91. The number of nitrogens with one attached hydrogen (secondary N) is 1. The summed E-state index contributed by atoms with van der Waals surface area (Å²) in [5.74, 6) is -5.79. The van der Waals surface area contributed by atoms with Gasteiger partial charge >= 0.3 is 6.18 Å². The first-order valence-electron chi connectivity index (χ1n) is 12.2. The molecule has 1 N–H and O–H groups in total.